The van der Waals surface area contributed by atoms with E-state index in [-0.39, 0.29) is 24.2 Å². The summed E-state index contributed by atoms with van der Waals surface area (Å²) in [5.41, 5.74) is 6.39. The van der Waals surface area contributed by atoms with Gasteiger partial charge in [-0.2, -0.15) is 0 Å². The molecule has 0 heterocycles. The number of hydrogen-bond acceptors (Lipinski definition) is 3. The summed E-state index contributed by atoms with van der Waals surface area (Å²) >= 11 is 3.19. The zero-order chi connectivity index (χ0) is 12.8. The lowest BCUT2D eigenvalue weighted by molar-refractivity contribution is -0.140. The van der Waals surface area contributed by atoms with E-state index in [1.165, 1.54) is 13.2 Å². The molecule has 0 aliphatic carbocycles. The summed E-state index contributed by atoms with van der Waals surface area (Å²) < 4.78 is 18.7. The van der Waals surface area contributed by atoms with E-state index < -0.39 is 0 Å². The van der Waals surface area contributed by atoms with Gasteiger partial charge in [0.1, 0.15) is 5.82 Å². The van der Waals surface area contributed by atoms with Crippen molar-refractivity contribution in [1.29, 1.82) is 0 Å². The second-order valence-electron chi connectivity index (χ2n) is 3.81. The highest BCUT2D eigenvalue weighted by atomic mass is 79.9. The van der Waals surface area contributed by atoms with Gasteiger partial charge in [0, 0.05) is 16.9 Å². The number of benzene rings is 1. The second kappa shape index (κ2) is 6.71. The van der Waals surface area contributed by atoms with Crippen LogP contribution in [0.1, 0.15) is 18.4 Å². The standard InChI is InChI=1S/C12H15BrFNO2/c1-17-12(16)5-4-10(15)6-8-2-3-9(13)7-11(8)14/h2-3,7,10H,4-6,15H2,1H3. The summed E-state index contributed by atoms with van der Waals surface area (Å²) in [6.07, 6.45) is 1.16. The molecular weight excluding hydrogens is 289 g/mol. The first kappa shape index (κ1) is 14.1. The van der Waals surface area contributed by atoms with Crippen LogP contribution < -0.4 is 5.73 Å². The van der Waals surface area contributed by atoms with Crippen LogP contribution in [0.15, 0.2) is 22.7 Å². The zero-order valence-corrected chi connectivity index (χ0v) is 11.2. The van der Waals surface area contributed by atoms with Gasteiger partial charge in [0.15, 0.2) is 0 Å². The van der Waals surface area contributed by atoms with E-state index in [4.69, 9.17) is 5.73 Å². The summed E-state index contributed by atoms with van der Waals surface area (Å²) in [6.45, 7) is 0. The van der Waals surface area contributed by atoms with Crippen molar-refractivity contribution >= 4 is 21.9 Å². The Labute approximate surface area is 108 Å². The third-order valence-corrected chi connectivity index (χ3v) is 2.94. The van der Waals surface area contributed by atoms with E-state index in [1.807, 2.05) is 0 Å². The first-order valence-corrected chi connectivity index (χ1v) is 6.08. The minimum atomic E-state index is -0.295. The van der Waals surface area contributed by atoms with Crippen LogP contribution in [0.5, 0.6) is 0 Å². The molecule has 5 heteroatoms. The molecule has 0 amide bonds. The average Bonchev–Trinajstić information content (AvgIpc) is 2.29. The van der Waals surface area contributed by atoms with Gasteiger partial charge >= 0.3 is 5.97 Å². The van der Waals surface area contributed by atoms with Gasteiger partial charge in [-0.15, -0.1) is 0 Å². The Kier molecular flexibility index (Phi) is 5.58. The van der Waals surface area contributed by atoms with E-state index in [2.05, 4.69) is 20.7 Å². The Morgan fingerprint density at radius 2 is 2.29 bits per heavy atom. The van der Waals surface area contributed by atoms with Gasteiger partial charge < -0.3 is 10.5 Å². The molecule has 0 radical (unpaired) electrons. The lowest BCUT2D eigenvalue weighted by Crippen LogP contribution is -2.24. The first-order valence-electron chi connectivity index (χ1n) is 5.29. The smallest absolute Gasteiger partial charge is 0.305 e. The molecule has 3 nitrogen and oxygen atoms in total. The van der Waals surface area contributed by atoms with Gasteiger partial charge in [-0.3, -0.25) is 4.79 Å². The summed E-state index contributed by atoms with van der Waals surface area (Å²) in [7, 11) is 1.34. The van der Waals surface area contributed by atoms with Crippen LogP contribution >= 0.6 is 15.9 Å². The predicted molar refractivity (Wildman–Crippen MR) is 67.0 cm³/mol. The molecule has 0 fully saturated rings. The number of halogens is 2. The molecule has 1 unspecified atom stereocenters. The SMILES string of the molecule is COC(=O)CCC(N)Cc1ccc(Br)cc1F. The van der Waals surface area contributed by atoms with Crippen LogP contribution in [0.4, 0.5) is 4.39 Å². The molecule has 0 spiro atoms. The van der Waals surface area contributed by atoms with Crippen molar-refractivity contribution in [3.63, 3.8) is 0 Å². The molecule has 1 aromatic carbocycles. The number of rotatable bonds is 5. The number of nitrogens with two attached hydrogens (primary N) is 1. The fraction of sp³-hybridized carbons (Fsp3) is 0.417. The molecule has 1 atom stereocenters. The molecule has 1 rings (SSSR count). The number of carbonyl (C=O) groups is 1. The van der Waals surface area contributed by atoms with Crippen molar-refractivity contribution in [2.24, 2.45) is 5.73 Å². The summed E-state index contributed by atoms with van der Waals surface area (Å²) in [4.78, 5) is 10.9. The van der Waals surface area contributed by atoms with Crippen LogP contribution in [0.2, 0.25) is 0 Å². The quantitative estimate of drug-likeness (QED) is 0.850. The van der Waals surface area contributed by atoms with Crippen LogP contribution in [0.25, 0.3) is 0 Å². The Hall–Kier alpha value is -0.940. The normalized spacial score (nSPS) is 12.2. The van der Waals surface area contributed by atoms with Crippen molar-refractivity contribution in [1.82, 2.24) is 0 Å². The zero-order valence-electron chi connectivity index (χ0n) is 9.58. The number of hydrogen-bond donors (Lipinski definition) is 1. The Bertz CT molecular complexity index is 398. The summed E-state index contributed by atoms with van der Waals surface area (Å²) in [5.74, 6) is -0.579. The van der Waals surface area contributed by atoms with Crippen molar-refractivity contribution < 1.29 is 13.9 Å². The maximum absolute atomic E-state index is 13.5. The maximum atomic E-state index is 13.5. The average molecular weight is 304 g/mol. The van der Waals surface area contributed by atoms with Crippen LogP contribution in [0, 0.1) is 5.82 Å². The topological polar surface area (TPSA) is 52.3 Å². The van der Waals surface area contributed by atoms with Crippen LogP contribution in [-0.4, -0.2) is 19.1 Å². The second-order valence-corrected chi connectivity index (χ2v) is 4.73. The highest BCUT2D eigenvalue weighted by molar-refractivity contribution is 9.10. The first-order chi connectivity index (χ1) is 8.02. The van der Waals surface area contributed by atoms with Crippen LogP contribution in [-0.2, 0) is 16.0 Å². The summed E-state index contributed by atoms with van der Waals surface area (Å²) in [6, 6.07) is 4.62. The Balaban J connectivity index is 2.50. The van der Waals surface area contributed by atoms with E-state index in [9.17, 15) is 9.18 Å². The molecular formula is C12H15BrFNO2. The van der Waals surface area contributed by atoms with Gasteiger partial charge in [-0.05, 0) is 30.5 Å². The van der Waals surface area contributed by atoms with E-state index >= 15 is 0 Å². The molecule has 0 saturated carbocycles. The lowest BCUT2D eigenvalue weighted by atomic mass is 10.0. The van der Waals surface area contributed by atoms with Gasteiger partial charge in [0.25, 0.3) is 0 Å². The monoisotopic (exact) mass is 303 g/mol. The molecule has 2 N–H and O–H groups in total. The molecule has 0 aliphatic rings. The molecule has 0 saturated heterocycles. The number of ether oxygens (including phenoxy) is 1. The van der Waals surface area contributed by atoms with Crippen LogP contribution in [0.3, 0.4) is 0 Å². The van der Waals surface area contributed by atoms with Gasteiger partial charge in [-0.25, -0.2) is 4.39 Å². The van der Waals surface area contributed by atoms with E-state index in [0.29, 0.717) is 22.9 Å². The highest BCUT2D eigenvalue weighted by Gasteiger charge is 2.11. The third-order valence-electron chi connectivity index (χ3n) is 2.44. The molecule has 0 bridgehead atoms. The van der Waals surface area contributed by atoms with Gasteiger partial charge in [-0.1, -0.05) is 22.0 Å². The van der Waals surface area contributed by atoms with Gasteiger partial charge in [0.2, 0.25) is 0 Å². The molecule has 0 aliphatic heterocycles. The Morgan fingerprint density at radius 1 is 1.59 bits per heavy atom. The van der Waals surface area contributed by atoms with Crippen molar-refractivity contribution in [2.45, 2.75) is 25.3 Å². The number of methoxy groups -OCH3 is 1. The fourth-order valence-corrected chi connectivity index (χ4v) is 1.81. The minimum absolute atomic E-state index is 0.246. The van der Waals surface area contributed by atoms with E-state index in [0.717, 1.165) is 0 Å². The summed E-state index contributed by atoms with van der Waals surface area (Å²) in [5, 5.41) is 0. The van der Waals surface area contributed by atoms with Crippen molar-refractivity contribution in [3.05, 3.63) is 34.1 Å². The molecule has 94 valence electrons. The molecule has 0 aromatic heterocycles. The van der Waals surface area contributed by atoms with Crippen molar-refractivity contribution in [2.75, 3.05) is 7.11 Å². The molecule has 17 heavy (non-hydrogen) atoms. The van der Waals surface area contributed by atoms with E-state index in [1.54, 1.807) is 12.1 Å². The lowest BCUT2D eigenvalue weighted by Gasteiger charge is -2.11. The van der Waals surface area contributed by atoms with Crippen molar-refractivity contribution in [3.8, 4) is 0 Å². The number of carbonyl (C=O) groups excluding carboxylic acids is 1. The molecule has 1 aromatic rings. The minimum Gasteiger partial charge on any atom is -0.469 e. The highest BCUT2D eigenvalue weighted by Crippen LogP contribution is 2.17. The maximum Gasteiger partial charge on any atom is 0.305 e. The fourth-order valence-electron chi connectivity index (χ4n) is 1.48. The predicted octanol–water partition coefficient (Wildman–Crippen LogP) is 2.41. The number of esters is 1. The third kappa shape index (κ3) is 4.83. The van der Waals surface area contributed by atoms with Gasteiger partial charge in [0.05, 0.1) is 7.11 Å². The largest absolute Gasteiger partial charge is 0.469 e. The Morgan fingerprint density at radius 3 is 2.88 bits per heavy atom.